The Kier molecular flexibility index (Phi) is 7.15. The van der Waals surface area contributed by atoms with Gasteiger partial charge in [0.2, 0.25) is 0 Å². The third-order valence-electron chi connectivity index (χ3n) is 7.53. The minimum absolute atomic E-state index is 0.0512. The van der Waals surface area contributed by atoms with Crippen molar-refractivity contribution in [3.63, 3.8) is 0 Å². The van der Waals surface area contributed by atoms with E-state index in [9.17, 15) is 9.59 Å². The molecule has 0 spiro atoms. The lowest BCUT2D eigenvalue weighted by Crippen LogP contribution is -2.47. The molecule has 0 radical (unpaired) electrons. The first-order valence-corrected chi connectivity index (χ1v) is 10.6. The van der Waals surface area contributed by atoms with Gasteiger partial charge in [-0.05, 0) is 75.0 Å². The van der Waals surface area contributed by atoms with Crippen molar-refractivity contribution in [2.45, 2.75) is 79.6 Å². The molecule has 0 aromatic heterocycles. The second-order valence-electron chi connectivity index (χ2n) is 9.33. The molecule has 2 rings (SSSR count). The molecular formula is C23H38O4. The van der Waals surface area contributed by atoms with Gasteiger partial charge in [0.25, 0.3) is 0 Å². The van der Waals surface area contributed by atoms with E-state index in [-0.39, 0.29) is 22.8 Å². The lowest BCUT2D eigenvalue weighted by Gasteiger charge is -2.53. The van der Waals surface area contributed by atoms with E-state index in [0.717, 1.165) is 44.9 Å². The van der Waals surface area contributed by atoms with Crippen LogP contribution < -0.4 is 0 Å². The fraction of sp³-hybridized carbons (Fsp3) is 0.826. The average molecular weight is 379 g/mol. The summed E-state index contributed by atoms with van der Waals surface area (Å²) < 4.78 is 10.3. The number of ether oxygens (including phenoxy) is 2. The van der Waals surface area contributed by atoms with Gasteiger partial charge in [-0.3, -0.25) is 9.59 Å². The van der Waals surface area contributed by atoms with Crippen molar-refractivity contribution in [3.8, 4) is 0 Å². The van der Waals surface area contributed by atoms with Crippen molar-refractivity contribution >= 4 is 11.9 Å². The molecular weight excluding hydrogens is 340 g/mol. The third kappa shape index (κ3) is 4.57. The van der Waals surface area contributed by atoms with Gasteiger partial charge in [0, 0.05) is 6.92 Å². The van der Waals surface area contributed by atoms with E-state index in [1.807, 2.05) is 0 Å². The molecule has 4 nitrogen and oxygen atoms in total. The van der Waals surface area contributed by atoms with Crippen LogP contribution in [0.15, 0.2) is 11.6 Å². The van der Waals surface area contributed by atoms with E-state index in [4.69, 9.17) is 9.47 Å². The molecule has 0 bridgehead atoms. The van der Waals surface area contributed by atoms with Crippen molar-refractivity contribution in [2.24, 2.45) is 28.6 Å². The van der Waals surface area contributed by atoms with Crippen molar-refractivity contribution in [3.05, 3.63) is 11.6 Å². The van der Waals surface area contributed by atoms with Gasteiger partial charge in [-0.15, -0.1) is 0 Å². The molecule has 0 aliphatic heterocycles. The van der Waals surface area contributed by atoms with Crippen LogP contribution in [0, 0.1) is 28.6 Å². The number of hydrogen-bond donors (Lipinski definition) is 0. The normalized spacial score (nSPS) is 34.2. The Morgan fingerprint density at radius 2 is 1.96 bits per heavy atom. The van der Waals surface area contributed by atoms with Crippen molar-refractivity contribution in [1.29, 1.82) is 0 Å². The summed E-state index contributed by atoms with van der Waals surface area (Å²) in [6, 6.07) is 0. The number of carbonyl (C=O) groups is 2. The van der Waals surface area contributed by atoms with E-state index in [1.54, 1.807) is 0 Å². The monoisotopic (exact) mass is 378 g/mol. The average Bonchev–Trinajstić information content (AvgIpc) is 2.62. The molecule has 154 valence electrons. The van der Waals surface area contributed by atoms with Gasteiger partial charge in [0.05, 0.1) is 19.1 Å². The Bertz CT molecular complexity index is 581. The number of carbonyl (C=O) groups excluding carboxylic acids is 2. The fourth-order valence-corrected chi connectivity index (χ4v) is 5.27. The zero-order valence-electron chi connectivity index (χ0n) is 18.1. The number of allylic oxidation sites excluding steroid dienone is 2. The van der Waals surface area contributed by atoms with Gasteiger partial charge < -0.3 is 9.47 Å². The van der Waals surface area contributed by atoms with E-state index >= 15 is 0 Å². The first-order chi connectivity index (χ1) is 12.6. The second kappa shape index (κ2) is 8.79. The van der Waals surface area contributed by atoms with Gasteiger partial charge >= 0.3 is 11.9 Å². The Hall–Kier alpha value is -1.32. The van der Waals surface area contributed by atoms with Gasteiger partial charge in [-0.1, -0.05) is 32.4 Å². The molecule has 4 heteroatoms. The zero-order valence-corrected chi connectivity index (χ0v) is 18.1. The molecule has 27 heavy (non-hydrogen) atoms. The Morgan fingerprint density at radius 1 is 1.26 bits per heavy atom. The number of esters is 2. The Balaban J connectivity index is 2.11. The molecule has 0 aromatic carbocycles. The maximum Gasteiger partial charge on any atom is 0.312 e. The van der Waals surface area contributed by atoms with Gasteiger partial charge in [-0.2, -0.15) is 0 Å². The second-order valence-corrected chi connectivity index (χ2v) is 9.33. The smallest absolute Gasteiger partial charge is 0.312 e. The molecule has 0 heterocycles. The quantitative estimate of drug-likeness (QED) is 0.445. The van der Waals surface area contributed by atoms with Crippen LogP contribution in [0.2, 0.25) is 0 Å². The highest BCUT2D eigenvalue weighted by Gasteiger charge is 2.52. The van der Waals surface area contributed by atoms with Crippen molar-refractivity contribution in [1.82, 2.24) is 0 Å². The van der Waals surface area contributed by atoms with Crippen molar-refractivity contribution in [2.75, 3.05) is 13.7 Å². The number of hydrogen-bond acceptors (Lipinski definition) is 4. The first-order valence-electron chi connectivity index (χ1n) is 10.6. The summed E-state index contributed by atoms with van der Waals surface area (Å²) >= 11 is 0. The van der Waals surface area contributed by atoms with Crippen LogP contribution in [0.4, 0.5) is 0 Å². The lowest BCUT2D eigenvalue weighted by atomic mass is 9.51. The van der Waals surface area contributed by atoms with Crippen LogP contribution in [0.5, 0.6) is 0 Å². The molecule has 2 aliphatic rings. The van der Waals surface area contributed by atoms with Crippen molar-refractivity contribution < 1.29 is 19.1 Å². The first kappa shape index (κ1) is 22.0. The summed E-state index contributed by atoms with van der Waals surface area (Å²) in [4.78, 5) is 23.5. The number of methoxy groups -OCH3 is 1. The maximum atomic E-state index is 12.6. The minimum Gasteiger partial charge on any atom is -0.469 e. The molecule has 5 atom stereocenters. The van der Waals surface area contributed by atoms with E-state index in [2.05, 4.69) is 33.8 Å². The minimum atomic E-state index is -0.388. The van der Waals surface area contributed by atoms with E-state index in [0.29, 0.717) is 24.4 Å². The topological polar surface area (TPSA) is 52.6 Å². The van der Waals surface area contributed by atoms with E-state index in [1.165, 1.54) is 19.6 Å². The van der Waals surface area contributed by atoms with Crippen LogP contribution in [-0.2, 0) is 19.1 Å². The lowest BCUT2D eigenvalue weighted by molar-refractivity contribution is -0.156. The molecule has 1 saturated carbocycles. The molecule has 0 saturated heterocycles. The summed E-state index contributed by atoms with van der Waals surface area (Å²) in [7, 11) is 1.51. The SMILES string of the molecule is COC(=O)[C@]1(C)CCC=C2[C@H]1CC[C@H](C)[C@@]2(C)CC[C@H](C)CCOC(C)=O. The fourth-order valence-electron chi connectivity index (χ4n) is 5.27. The highest BCUT2D eigenvalue weighted by molar-refractivity contribution is 5.77. The zero-order chi connectivity index (χ0) is 20.2. The summed E-state index contributed by atoms with van der Waals surface area (Å²) in [5.74, 6) is 1.18. The van der Waals surface area contributed by atoms with Gasteiger partial charge in [-0.25, -0.2) is 0 Å². The van der Waals surface area contributed by atoms with E-state index < -0.39 is 0 Å². The largest absolute Gasteiger partial charge is 0.469 e. The standard InChI is InChI=1S/C23H38O4/c1-16(12-15-27-18(3)24)11-14-22(4)17(2)9-10-20-19(22)8-7-13-23(20,5)21(25)26-6/h8,16-17,20H,7,9-15H2,1-6H3/t16-,17-,20+,22+,23+/m0/s1. The van der Waals surface area contributed by atoms with Crippen LogP contribution >= 0.6 is 0 Å². The molecule has 0 unspecified atom stereocenters. The van der Waals surface area contributed by atoms with Gasteiger partial charge in [0.15, 0.2) is 0 Å². The summed E-state index contributed by atoms with van der Waals surface area (Å²) in [5, 5.41) is 0. The predicted molar refractivity (Wildman–Crippen MR) is 107 cm³/mol. The molecule has 0 amide bonds. The van der Waals surface area contributed by atoms with Crippen LogP contribution in [0.3, 0.4) is 0 Å². The predicted octanol–water partition coefficient (Wildman–Crippen LogP) is 5.31. The maximum absolute atomic E-state index is 12.6. The Labute approximate surface area is 165 Å². The third-order valence-corrected chi connectivity index (χ3v) is 7.53. The number of fused-ring (bicyclic) bond motifs is 1. The molecule has 0 aromatic rings. The van der Waals surface area contributed by atoms with Crippen LogP contribution in [-0.4, -0.2) is 25.7 Å². The summed E-state index contributed by atoms with van der Waals surface area (Å²) in [6.07, 6.45) is 9.65. The summed E-state index contributed by atoms with van der Waals surface area (Å²) in [6.45, 7) is 11.1. The molecule has 2 aliphatic carbocycles. The Morgan fingerprint density at radius 3 is 2.59 bits per heavy atom. The number of rotatable bonds is 7. The highest BCUT2D eigenvalue weighted by Crippen LogP contribution is 2.58. The highest BCUT2D eigenvalue weighted by atomic mass is 16.5. The van der Waals surface area contributed by atoms with Crippen LogP contribution in [0.25, 0.3) is 0 Å². The molecule has 1 fully saturated rings. The van der Waals surface area contributed by atoms with Gasteiger partial charge in [0.1, 0.15) is 0 Å². The van der Waals surface area contributed by atoms with Crippen LogP contribution in [0.1, 0.15) is 79.6 Å². The molecule has 0 N–H and O–H groups in total. The summed E-state index contributed by atoms with van der Waals surface area (Å²) in [5.41, 5.74) is 1.24.